The average molecular weight is 889 g/mol. The molecule has 62 heavy (non-hydrogen) atoms. The van der Waals surface area contributed by atoms with Gasteiger partial charge in [-0.2, -0.15) is 0 Å². The van der Waals surface area contributed by atoms with Crippen LogP contribution in [0.2, 0.25) is 0 Å². The fourth-order valence-corrected chi connectivity index (χ4v) is 7.21. The molecule has 1 aromatic heterocycles. The Balaban J connectivity index is 1.90. The van der Waals surface area contributed by atoms with Crippen LogP contribution in [0, 0.1) is 17.0 Å². The number of nitrogens with one attached hydrogen (secondary N) is 3. The Morgan fingerprint density at radius 2 is 1.55 bits per heavy atom. The van der Waals surface area contributed by atoms with Crippen LogP contribution in [-0.2, 0) is 35.2 Å². The lowest BCUT2D eigenvalue weighted by Gasteiger charge is -2.41. The molecular formula is C45H66F2N6O8S. The number of benzene rings is 2. The molecule has 0 aliphatic heterocycles. The van der Waals surface area contributed by atoms with Crippen molar-refractivity contribution in [2.45, 2.75) is 91.1 Å². The van der Waals surface area contributed by atoms with E-state index >= 15 is 4.39 Å². The number of hydrogen-bond acceptors (Lipinski definition) is 9. The van der Waals surface area contributed by atoms with Crippen molar-refractivity contribution in [2.75, 3.05) is 57.4 Å². The van der Waals surface area contributed by atoms with Gasteiger partial charge in [0.15, 0.2) is 0 Å². The minimum absolute atomic E-state index is 0.0237. The number of nitrogens with zero attached hydrogens (tertiary/aromatic N) is 2. The minimum Gasteiger partial charge on any atom is -0.460 e. The zero-order valence-corrected chi connectivity index (χ0v) is 38.3. The van der Waals surface area contributed by atoms with Crippen molar-refractivity contribution in [3.05, 3.63) is 83.7 Å². The summed E-state index contributed by atoms with van der Waals surface area (Å²) >= 11 is 0. The van der Waals surface area contributed by atoms with Crippen LogP contribution in [0.3, 0.4) is 0 Å². The Morgan fingerprint density at radius 1 is 0.903 bits per heavy atom. The maximum atomic E-state index is 15.2. The van der Waals surface area contributed by atoms with Crippen molar-refractivity contribution in [2.24, 2.45) is 11.1 Å². The monoisotopic (exact) mass is 888 g/mol. The summed E-state index contributed by atoms with van der Waals surface area (Å²) in [5, 5.41) is 18.3. The van der Waals surface area contributed by atoms with Crippen LogP contribution in [0.5, 0.6) is 0 Å². The molecule has 0 saturated heterocycles. The highest BCUT2D eigenvalue weighted by Gasteiger charge is 2.38. The number of hydrogen-bond donors (Lipinski definition) is 5. The topological polar surface area (TPSA) is 194 Å². The lowest BCUT2D eigenvalue weighted by Crippen LogP contribution is -2.51. The fourth-order valence-electron chi connectivity index (χ4n) is 6.63. The molecule has 0 radical (unpaired) electrons. The van der Waals surface area contributed by atoms with Gasteiger partial charge in [-0.15, -0.1) is 0 Å². The first-order valence-electron chi connectivity index (χ1n) is 20.6. The highest BCUT2D eigenvalue weighted by molar-refractivity contribution is 8.32. The molecule has 4 amide bonds. The van der Waals surface area contributed by atoms with Gasteiger partial charge in [0.2, 0.25) is 17.7 Å². The molecule has 0 unspecified atom stereocenters. The molecule has 0 aliphatic rings. The zero-order valence-electron chi connectivity index (χ0n) is 37.5. The van der Waals surface area contributed by atoms with Gasteiger partial charge in [0.1, 0.15) is 36.5 Å². The summed E-state index contributed by atoms with van der Waals surface area (Å²) in [6, 6.07) is 11.3. The predicted molar refractivity (Wildman–Crippen MR) is 239 cm³/mol. The number of carbonyl (C=O) groups excluding carboxylic acids is 5. The van der Waals surface area contributed by atoms with E-state index in [0.29, 0.717) is 23.6 Å². The number of aliphatic hydroxyl groups is 1. The maximum Gasteiger partial charge on any atom is 0.407 e. The van der Waals surface area contributed by atoms with Gasteiger partial charge in [-0.1, -0.05) is 51.1 Å². The molecule has 2 aromatic carbocycles. The van der Waals surface area contributed by atoms with E-state index in [1.807, 2.05) is 55.7 Å². The fraction of sp³-hybridized carbons (Fsp3) is 0.533. The quantitative estimate of drug-likeness (QED) is 0.0702. The molecule has 6 N–H and O–H groups in total. The number of halogens is 2. The molecule has 0 bridgehead atoms. The summed E-state index contributed by atoms with van der Waals surface area (Å²) in [5.41, 5.74) is 6.42. The molecule has 3 rings (SSSR count). The number of amides is 4. The molecule has 0 fully saturated rings. The first-order chi connectivity index (χ1) is 28.9. The Hall–Kier alpha value is -5.00. The standard InChI is InChI=1S/C45H66F2N6O8S/c1-44(2,3)40(37-25-31(33-26-32(46)15-16-34(33)47)28-52(37)27-30-13-11-10-12-14-30)53(38(55)29-54)22-19-36(51-43(59)60-23-24-62(7,8)9)42(58)50-21-20-49-41(57)35(48)17-18-39(56)61-45(4,5)6/h10-16,25-26,28,35-36,40,54H,17-24,27,29,48H2,1-9H3,(H,49,57)(H,50,58)(H,51,59)/t35-,36+,40+/m1/s1. The van der Waals surface area contributed by atoms with Gasteiger partial charge in [0.05, 0.1) is 12.1 Å². The number of rotatable bonds is 21. The summed E-state index contributed by atoms with van der Waals surface area (Å²) < 4.78 is 42.2. The van der Waals surface area contributed by atoms with Crippen molar-refractivity contribution in [3.8, 4) is 11.1 Å². The normalized spacial score (nSPS) is 13.6. The second-order valence-corrected chi connectivity index (χ2v) is 22.7. The van der Waals surface area contributed by atoms with Crippen LogP contribution in [0.1, 0.15) is 78.1 Å². The van der Waals surface area contributed by atoms with Crippen LogP contribution in [0.15, 0.2) is 60.8 Å². The number of ether oxygens (including phenoxy) is 2. The van der Waals surface area contributed by atoms with Crippen LogP contribution in [-0.4, -0.2) is 119 Å². The Labute approximate surface area is 366 Å². The first kappa shape index (κ1) is 51.4. The summed E-state index contributed by atoms with van der Waals surface area (Å²) in [4.78, 5) is 66.8. The molecule has 0 spiro atoms. The van der Waals surface area contributed by atoms with E-state index in [0.717, 1.165) is 23.8 Å². The minimum atomic E-state index is -1.24. The number of nitrogens with two attached hydrogens (primary N) is 1. The van der Waals surface area contributed by atoms with E-state index in [1.165, 1.54) is 4.90 Å². The highest BCUT2D eigenvalue weighted by atomic mass is 32.3. The lowest BCUT2D eigenvalue weighted by atomic mass is 9.82. The molecule has 1 heterocycles. The summed E-state index contributed by atoms with van der Waals surface area (Å²) in [6.07, 6.45) is 6.94. The van der Waals surface area contributed by atoms with Gasteiger partial charge in [-0.25, -0.2) is 23.6 Å². The van der Waals surface area contributed by atoms with E-state index in [-0.39, 0.29) is 51.1 Å². The van der Waals surface area contributed by atoms with Gasteiger partial charge in [0.25, 0.3) is 0 Å². The van der Waals surface area contributed by atoms with Crippen LogP contribution >= 0.6 is 10.0 Å². The van der Waals surface area contributed by atoms with Gasteiger partial charge in [-0.3, -0.25) is 19.2 Å². The van der Waals surface area contributed by atoms with Gasteiger partial charge in [0, 0.05) is 61.4 Å². The van der Waals surface area contributed by atoms with E-state index in [2.05, 4.69) is 34.7 Å². The number of aliphatic hydroxyl groups excluding tert-OH is 1. The molecule has 17 heteroatoms. The number of aromatic nitrogens is 1. The third-order valence-electron chi connectivity index (χ3n) is 9.57. The zero-order chi connectivity index (χ0) is 46.4. The van der Waals surface area contributed by atoms with Crippen molar-refractivity contribution in [3.63, 3.8) is 0 Å². The molecule has 0 saturated carbocycles. The lowest BCUT2D eigenvalue weighted by molar-refractivity contribution is -0.155. The largest absolute Gasteiger partial charge is 0.460 e. The van der Waals surface area contributed by atoms with Crippen molar-refractivity contribution >= 4 is 39.8 Å². The first-order valence-corrected chi connectivity index (χ1v) is 23.6. The molecule has 3 atom stereocenters. The summed E-state index contributed by atoms with van der Waals surface area (Å²) in [6.45, 7) is 10.2. The SMILES string of the molecule is CC(C)(C)OC(=O)CC[C@@H](N)C(=O)NCCNC(=O)[C@H](CCN(C(=O)CO)[C@@H](c1cc(-c2cc(F)ccc2F)cn1Cc1ccccc1)C(C)(C)C)NC(=O)OCCS(C)(C)C. The highest BCUT2D eigenvalue weighted by Crippen LogP contribution is 2.41. The Bertz CT molecular complexity index is 1980. The average Bonchev–Trinajstić information content (AvgIpc) is 3.57. The predicted octanol–water partition coefficient (Wildman–Crippen LogP) is 5.25. The van der Waals surface area contributed by atoms with Crippen molar-refractivity contribution < 1.29 is 47.3 Å². The summed E-state index contributed by atoms with van der Waals surface area (Å²) in [5.74, 6) is -2.95. The van der Waals surface area contributed by atoms with Gasteiger partial charge in [-0.05, 0) is 87.6 Å². The second-order valence-electron chi connectivity index (χ2n) is 18.1. The Morgan fingerprint density at radius 3 is 2.15 bits per heavy atom. The van der Waals surface area contributed by atoms with E-state index in [1.54, 1.807) is 33.0 Å². The third-order valence-corrected chi connectivity index (χ3v) is 11.0. The molecular weight excluding hydrogens is 823 g/mol. The maximum absolute atomic E-state index is 15.2. The van der Waals surface area contributed by atoms with Crippen LogP contribution < -0.4 is 21.7 Å². The van der Waals surface area contributed by atoms with E-state index in [9.17, 15) is 33.5 Å². The Kier molecular flexibility index (Phi) is 19.0. The van der Waals surface area contributed by atoms with Crippen LogP contribution in [0.4, 0.5) is 13.6 Å². The second kappa shape index (κ2) is 22.9. The van der Waals surface area contributed by atoms with E-state index < -0.39 is 87.2 Å². The smallest absolute Gasteiger partial charge is 0.407 e. The van der Waals surface area contributed by atoms with Gasteiger partial charge >= 0.3 is 12.1 Å². The van der Waals surface area contributed by atoms with E-state index in [4.69, 9.17) is 15.2 Å². The number of esters is 1. The molecule has 3 aromatic rings. The molecule has 0 aliphatic carbocycles. The van der Waals surface area contributed by atoms with Crippen molar-refractivity contribution in [1.82, 2.24) is 25.4 Å². The number of alkyl carbamates (subject to hydrolysis) is 1. The van der Waals surface area contributed by atoms with Gasteiger partial charge < -0.3 is 45.7 Å². The third kappa shape index (κ3) is 17.0. The molecule has 344 valence electrons. The van der Waals surface area contributed by atoms with Crippen LogP contribution in [0.25, 0.3) is 11.1 Å². The molecule has 14 nitrogen and oxygen atoms in total. The number of carbonyl (C=O) groups is 5. The summed E-state index contributed by atoms with van der Waals surface area (Å²) in [7, 11) is -0.996. The van der Waals surface area contributed by atoms with Crippen molar-refractivity contribution in [1.29, 1.82) is 0 Å².